The number of benzene rings is 8. The van der Waals surface area contributed by atoms with Crippen molar-refractivity contribution in [1.82, 2.24) is 4.57 Å². The van der Waals surface area contributed by atoms with E-state index >= 15 is 4.57 Å². The molecule has 0 saturated heterocycles. The molecule has 0 radical (unpaired) electrons. The van der Waals surface area contributed by atoms with E-state index in [9.17, 15) is 0 Å². The van der Waals surface area contributed by atoms with Crippen molar-refractivity contribution in [2.45, 2.75) is 164 Å². The Balaban J connectivity index is 0.000000172. The molecule has 6 aliphatic rings. The minimum absolute atomic E-state index is 0. The third-order valence-corrected chi connectivity index (χ3v) is 29.2. The summed E-state index contributed by atoms with van der Waals surface area (Å²) in [5.74, 6) is 2.15. The number of hydrogen-bond acceptors (Lipinski definition) is 4. The molecule has 9 aromatic rings. The molecule has 0 spiro atoms. The number of hydrogen-bond donors (Lipinski definition) is 0. The van der Waals surface area contributed by atoms with Crippen LogP contribution in [0.4, 0.5) is 0 Å². The molecular formula is C80H88Br2Cl4FeN2O3P2. The number of nitrogens with zero attached hydrogens (tertiary/aromatic N) is 2. The predicted octanol–water partition coefficient (Wildman–Crippen LogP) is 25.6. The third-order valence-electron chi connectivity index (χ3n) is 19.5. The van der Waals surface area contributed by atoms with Gasteiger partial charge in [-0.15, -0.1) is 17.0 Å². The molecular weight excluding hydrogens is 1460 g/mol. The summed E-state index contributed by atoms with van der Waals surface area (Å²) in [7, 11) is -2.69. The molecule has 1 aromatic heterocycles. The van der Waals surface area contributed by atoms with E-state index in [2.05, 4.69) is 106 Å². The zero-order valence-electron chi connectivity index (χ0n) is 54.2. The van der Waals surface area contributed by atoms with Gasteiger partial charge in [-0.25, -0.2) is 4.99 Å². The second-order valence-electron chi connectivity index (χ2n) is 25.2. The van der Waals surface area contributed by atoms with Gasteiger partial charge in [0.15, 0.2) is 0 Å². The second-order valence-corrected chi connectivity index (χ2v) is 34.0. The minimum atomic E-state index is -2.26. The predicted molar refractivity (Wildman–Crippen MR) is 411 cm³/mol. The molecule has 5 atom stereocenters. The van der Waals surface area contributed by atoms with Crippen LogP contribution in [-0.2, 0) is 28.1 Å². The first-order valence-electron chi connectivity index (χ1n) is 32.8. The summed E-state index contributed by atoms with van der Waals surface area (Å²) < 4.78 is 31.2. The summed E-state index contributed by atoms with van der Waals surface area (Å²) in [5, 5.41) is 6.85. The van der Waals surface area contributed by atoms with Crippen LogP contribution in [0.2, 0.25) is 20.1 Å². The van der Waals surface area contributed by atoms with Crippen molar-refractivity contribution in [2.24, 2.45) is 10.9 Å². The smallest absolute Gasteiger partial charge is 0.465 e. The molecule has 3 unspecified atom stereocenters. The van der Waals surface area contributed by atoms with E-state index in [1.165, 1.54) is 126 Å². The molecule has 3 heterocycles. The summed E-state index contributed by atoms with van der Waals surface area (Å²) in [5.41, 5.74) is 10.4. The Labute approximate surface area is 611 Å². The molecule has 8 aromatic carbocycles. The molecule has 4 aliphatic carbocycles. The Hall–Kier alpha value is -4.13. The van der Waals surface area contributed by atoms with Gasteiger partial charge in [0, 0.05) is 75.6 Å². The molecule has 15 rings (SSSR count). The van der Waals surface area contributed by atoms with Gasteiger partial charge in [0.1, 0.15) is 11.5 Å². The van der Waals surface area contributed by atoms with Gasteiger partial charge < -0.3 is 33.5 Å². The van der Waals surface area contributed by atoms with Crippen molar-refractivity contribution >= 4 is 122 Å². The number of ether oxygens (including phenoxy) is 2. The van der Waals surface area contributed by atoms with Gasteiger partial charge in [0.05, 0.1) is 24.1 Å². The van der Waals surface area contributed by atoms with Gasteiger partial charge >= 0.3 is 17.1 Å². The van der Waals surface area contributed by atoms with Gasteiger partial charge in [-0.1, -0.05) is 268 Å². The van der Waals surface area contributed by atoms with Crippen LogP contribution in [0.15, 0.2) is 210 Å². The van der Waals surface area contributed by atoms with Gasteiger partial charge in [0.25, 0.3) is 0 Å². The van der Waals surface area contributed by atoms with Crippen LogP contribution in [0.1, 0.15) is 157 Å². The van der Waals surface area contributed by atoms with Crippen LogP contribution in [0.3, 0.4) is 0 Å². The second kappa shape index (κ2) is 36.1. The maximum absolute atomic E-state index is 15.5. The Morgan fingerprint density at radius 3 is 1.56 bits per heavy atom. The normalized spacial score (nSPS) is 19.2. The van der Waals surface area contributed by atoms with Crippen LogP contribution in [0.5, 0.6) is 11.5 Å². The van der Waals surface area contributed by atoms with E-state index in [4.69, 9.17) is 60.9 Å². The van der Waals surface area contributed by atoms with Crippen molar-refractivity contribution in [2.75, 3.05) is 0 Å². The van der Waals surface area contributed by atoms with Crippen molar-refractivity contribution in [3.8, 4) is 22.8 Å². The molecule has 0 amide bonds. The van der Waals surface area contributed by atoms with Gasteiger partial charge in [-0.05, 0) is 153 Å². The van der Waals surface area contributed by atoms with Crippen molar-refractivity contribution in [1.29, 1.82) is 0 Å². The Morgan fingerprint density at radius 1 is 0.532 bits per heavy atom. The zero-order valence-corrected chi connectivity index (χ0v) is 63.4. The average Bonchev–Trinajstić information content (AvgIpc) is 1.50. The maximum Gasteiger partial charge on any atom is 2.00 e. The number of fused-ring (bicyclic) bond motifs is 6. The number of halogens is 6. The van der Waals surface area contributed by atoms with Gasteiger partial charge in [0.2, 0.25) is 12.5 Å². The van der Waals surface area contributed by atoms with E-state index in [0.717, 1.165) is 71.1 Å². The molecule has 496 valence electrons. The van der Waals surface area contributed by atoms with E-state index in [1.54, 1.807) is 0 Å². The Bertz CT molecular complexity index is 3860. The average molecular weight is 1550 g/mol. The Morgan fingerprint density at radius 2 is 1.00 bits per heavy atom. The quantitative estimate of drug-likeness (QED) is 0.0737. The molecule has 2 aliphatic heterocycles. The van der Waals surface area contributed by atoms with Crippen LogP contribution < -0.4 is 20.1 Å². The standard InChI is InChI=1S/C31H44OP2.C21H14BrCl2NO.C21H13Cl2NO.C5H10.2CH3.BrH.Fe/c1-25(34(32,28-19-10-4-11-20-28)29-21-12-5-13-22-29)30-23-14-24-31(30)33(26-15-6-2-7-16-26)27-17-8-3-9-18-27;22-18-9-7-15(23)10-14(18)11-19-17-8-6-16(24)12-20(17)26-21(25-19)13-4-2-1-3-5-13;22-15-7-9-18-14(10-15)11-19-17-8-6-16(23)12-20(17)25-21(24(18)19)13-4-2-1-3-5-13;1-2-4-5-3-1;;;;/h2-3,6-9,15-18,25,28-31H,4-5,10-14,19-24H2,1H3;1-10,12,21H,11H2;1-12,21H;1-5H2;2*1H3;1H;/q;;;;2*-1;;+2/t25-,30?,31?;;21-;;;;;/m1.0...../s1. The first-order valence-corrected chi connectivity index (χ1v) is 38.5. The summed E-state index contributed by atoms with van der Waals surface area (Å²) in [4.78, 5) is 4.88. The largest absolute Gasteiger partial charge is 2.00 e. The summed E-state index contributed by atoms with van der Waals surface area (Å²) in [6.45, 7) is 2.47. The Kier molecular flexibility index (Phi) is 29.0. The maximum atomic E-state index is 15.5. The van der Waals surface area contributed by atoms with E-state index in [-0.39, 0.29) is 55.1 Å². The first kappa shape index (κ1) is 75.6. The van der Waals surface area contributed by atoms with Crippen LogP contribution >= 0.6 is 94.4 Å². The number of aliphatic imine (C=N–C) groups is 1. The summed E-state index contributed by atoms with van der Waals surface area (Å²) >= 11 is 28.4. The fourth-order valence-electron chi connectivity index (χ4n) is 15.1. The fourth-order valence-corrected chi connectivity index (χ4v) is 24.8. The zero-order chi connectivity index (χ0) is 62.0. The fraction of sp³-hybridized carbons (Fsp3) is 0.338. The van der Waals surface area contributed by atoms with Crippen molar-refractivity contribution < 1.29 is 31.1 Å². The molecule has 94 heavy (non-hydrogen) atoms. The molecule has 0 N–H and O–H groups in total. The van der Waals surface area contributed by atoms with Crippen molar-refractivity contribution in [3.63, 3.8) is 0 Å². The molecule has 4 fully saturated rings. The summed E-state index contributed by atoms with van der Waals surface area (Å²) in [6, 6.07) is 68.1. The third kappa shape index (κ3) is 17.8. The van der Waals surface area contributed by atoms with Crippen LogP contribution in [0.25, 0.3) is 22.2 Å². The number of rotatable bonds is 11. The monoisotopic (exact) mass is 1540 g/mol. The van der Waals surface area contributed by atoms with Crippen LogP contribution in [-0.4, -0.2) is 32.9 Å². The number of aromatic nitrogens is 1. The van der Waals surface area contributed by atoms with Gasteiger partial charge in [-0.3, -0.25) is 0 Å². The van der Waals surface area contributed by atoms with E-state index in [0.29, 0.717) is 50.0 Å². The van der Waals surface area contributed by atoms with Crippen molar-refractivity contribution in [3.05, 3.63) is 262 Å². The molecule has 5 nitrogen and oxygen atoms in total. The van der Waals surface area contributed by atoms with Crippen LogP contribution in [0, 0.1) is 20.8 Å². The SMILES string of the molecule is Br.C1CCCC1.C[C@H](C1CCCC1P(c1ccccc1)c1ccccc1)P(=O)(C1CCCCC1)C1CCCCC1.Clc1ccc(Br)c(CC2=NC(c3ccccc3)Oc3cc(Cl)ccc32)c1.Clc1ccc2c(c1)O[C@@H](c1ccccc1)n1c-2cc2cc(Cl)ccc21.[CH3-].[CH3-].[Fe+2]. The van der Waals surface area contributed by atoms with E-state index < -0.39 is 21.3 Å². The minimum Gasteiger partial charge on any atom is -0.465 e. The topological polar surface area (TPSA) is 52.8 Å². The van der Waals surface area contributed by atoms with Gasteiger partial charge in [-0.2, -0.15) is 0 Å². The molecule has 4 saturated carbocycles. The summed E-state index contributed by atoms with van der Waals surface area (Å²) in [6.07, 6.45) is 24.3. The molecule has 0 bridgehead atoms. The molecule has 14 heteroatoms. The first-order chi connectivity index (χ1) is 44.0. The van der Waals surface area contributed by atoms with E-state index in [1.807, 2.05) is 121 Å².